The lowest BCUT2D eigenvalue weighted by Gasteiger charge is -2.19. The van der Waals surface area contributed by atoms with Crippen molar-refractivity contribution < 1.29 is 9.53 Å². The van der Waals surface area contributed by atoms with Crippen LogP contribution in [0.5, 0.6) is 5.75 Å². The van der Waals surface area contributed by atoms with E-state index in [0.717, 1.165) is 28.1 Å². The zero-order chi connectivity index (χ0) is 17.0. The van der Waals surface area contributed by atoms with Crippen molar-refractivity contribution in [2.45, 2.75) is 47.1 Å². The maximum atomic E-state index is 12.6. The second kappa shape index (κ2) is 7.32. The quantitative estimate of drug-likeness (QED) is 0.868. The summed E-state index contributed by atoms with van der Waals surface area (Å²) in [5, 5.41) is 3.03. The van der Waals surface area contributed by atoms with Crippen LogP contribution in [-0.2, 0) is 4.79 Å². The number of carbonyl (C=O) groups is 1. The van der Waals surface area contributed by atoms with Crippen molar-refractivity contribution in [2.75, 3.05) is 5.32 Å². The summed E-state index contributed by atoms with van der Waals surface area (Å²) >= 11 is 0. The summed E-state index contributed by atoms with van der Waals surface area (Å²) in [6.07, 6.45) is 0.112. The first kappa shape index (κ1) is 17.1. The van der Waals surface area contributed by atoms with Gasteiger partial charge in [0, 0.05) is 5.69 Å². The fourth-order valence-corrected chi connectivity index (χ4v) is 2.76. The van der Waals surface area contributed by atoms with Gasteiger partial charge in [-0.15, -0.1) is 0 Å². The van der Waals surface area contributed by atoms with Crippen molar-refractivity contribution in [1.29, 1.82) is 0 Å². The molecule has 0 saturated carbocycles. The monoisotopic (exact) mass is 311 g/mol. The first-order valence-electron chi connectivity index (χ1n) is 8.02. The van der Waals surface area contributed by atoms with Crippen LogP contribution in [0.4, 0.5) is 5.69 Å². The molecule has 0 fully saturated rings. The van der Waals surface area contributed by atoms with Gasteiger partial charge in [-0.05, 0) is 62.9 Å². The van der Waals surface area contributed by atoms with Crippen molar-refractivity contribution in [3.8, 4) is 5.75 Å². The third-order valence-corrected chi connectivity index (χ3v) is 3.86. The van der Waals surface area contributed by atoms with Gasteiger partial charge in [-0.1, -0.05) is 36.8 Å². The van der Waals surface area contributed by atoms with Crippen LogP contribution in [0.15, 0.2) is 36.4 Å². The van der Waals surface area contributed by atoms with Crippen LogP contribution >= 0.6 is 0 Å². The average molecular weight is 311 g/mol. The van der Waals surface area contributed by atoms with Gasteiger partial charge in [0.25, 0.3) is 5.91 Å². The molecular weight excluding hydrogens is 286 g/mol. The van der Waals surface area contributed by atoms with Crippen LogP contribution in [0.3, 0.4) is 0 Å². The van der Waals surface area contributed by atoms with Crippen molar-refractivity contribution >= 4 is 11.6 Å². The van der Waals surface area contributed by atoms with E-state index in [0.29, 0.717) is 6.42 Å². The Kier molecular flexibility index (Phi) is 5.43. The number of carbonyl (C=O) groups excluding carboxylic acids is 1. The molecule has 122 valence electrons. The molecule has 0 spiro atoms. The van der Waals surface area contributed by atoms with Gasteiger partial charge in [0.2, 0.25) is 0 Å². The minimum absolute atomic E-state index is 0.107. The molecule has 0 saturated heterocycles. The lowest BCUT2D eigenvalue weighted by atomic mass is 10.0. The van der Waals surface area contributed by atoms with E-state index in [4.69, 9.17) is 4.74 Å². The summed E-state index contributed by atoms with van der Waals surface area (Å²) in [7, 11) is 0. The minimum atomic E-state index is -0.503. The molecule has 23 heavy (non-hydrogen) atoms. The molecule has 0 radical (unpaired) electrons. The highest BCUT2D eigenvalue weighted by Crippen LogP contribution is 2.23. The smallest absolute Gasteiger partial charge is 0.265 e. The van der Waals surface area contributed by atoms with Crippen molar-refractivity contribution in [3.63, 3.8) is 0 Å². The Morgan fingerprint density at radius 1 is 1.04 bits per heavy atom. The van der Waals surface area contributed by atoms with Gasteiger partial charge < -0.3 is 10.1 Å². The predicted molar refractivity (Wildman–Crippen MR) is 95.2 cm³/mol. The minimum Gasteiger partial charge on any atom is -0.481 e. The molecule has 0 aliphatic carbocycles. The highest BCUT2D eigenvalue weighted by Gasteiger charge is 2.20. The molecule has 0 aromatic heterocycles. The first-order chi connectivity index (χ1) is 10.9. The Bertz CT molecular complexity index is 684. The number of anilines is 1. The lowest BCUT2D eigenvalue weighted by Crippen LogP contribution is -2.32. The number of hydrogen-bond acceptors (Lipinski definition) is 2. The van der Waals surface area contributed by atoms with Gasteiger partial charge in [-0.2, -0.15) is 0 Å². The molecule has 1 atom stereocenters. The fourth-order valence-electron chi connectivity index (χ4n) is 2.76. The summed E-state index contributed by atoms with van der Waals surface area (Å²) in [6, 6.07) is 11.9. The summed E-state index contributed by atoms with van der Waals surface area (Å²) < 4.78 is 5.87. The predicted octanol–water partition coefficient (Wildman–Crippen LogP) is 4.72. The molecule has 2 rings (SSSR count). The molecule has 2 aromatic rings. The molecule has 1 amide bonds. The summed E-state index contributed by atoms with van der Waals surface area (Å²) in [5.74, 6) is 0.619. The molecule has 2 aromatic carbocycles. The third-order valence-electron chi connectivity index (χ3n) is 3.86. The molecule has 1 N–H and O–H groups in total. The molecule has 0 bridgehead atoms. The maximum absolute atomic E-state index is 12.6. The largest absolute Gasteiger partial charge is 0.481 e. The van der Waals surface area contributed by atoms with Crippen LogP contribution in [0.1, 0.15) is 35.6 Å². The molecular formula is C20H25NO2. The van der Waals surface area contributed by atoms with Crippen LogP contribution in [0.25, 0.3) is 0 Å². The topological polar surface area (TPSA) is 38.3 Å². The van der Waals surface area contributed by atoms with Crippen LogP contribution in [0.2, 0.25) is 0 Å². The Hall–Kier alpha value is -2.29. The van der Waals surface area contributed by atoms with Crippen molar-refractivity contribution in [2.24, 2.45) is 0 Å². The van der Waals surface area contributed by atoms with Gasteiger partial charge in [0.15, 0.2) is 6.10 Å². The van der Waals surface area contributed by atoms with E-state index in [1.807, 2.05) is 52.0 Å². The van der Waals surface area contributed by atoms with Crippen LogP contribution in [0, 0.1) is 27.7 Å². The first-order valence-corrected chi connectivity index (χ1v) is 8.02. The molecule has 3 heteroatoms. The van der Waals surface area contributed by atoms with Gasteiger partial charge in [-0.3, -0.25) is 4.79 Å². The number of hydrogen-bond donors (Lipinski definition) is 1. The second-order valence-corrected chi connectivity index (χ2v) is 6.09. The van der Waals surface area contributed by atoms with Crippen LogP contribution in [-0.4, -0.2) is 12.0 Å². The molecule has 0 unspecified atom stereocenters. The van der Waals surface area contributed by atoms with Gasteiger partial charge in [-0.25, -0.2) is 0 Å². The van der Waals surface area contributed by atoms with E-state index in [1.54, 1.807) is 0 Å². The normalized spacial score (nSPS) is 11.9. The molecule has 0 heterocycles. The average Bonchev–Trinajstić information content (AvgIpc) is 2.48. The number of ether oxygens (including phenoxy) is 1. The highest BCUT2D eigenvalue weighted by molar-refractivity contribution is 5.95. The highest BCUT2D eigenvalue weighted by atomic mass is 16.5. The van der Waals surface area contributed by atoms with Crippen molar-refractivity contribution in [1.82, 2.24) is 0 Å². The second-order valence-electron chi connectivity index (χ2n) is 6.09. The standard InChI is InChI=1S/C20H25NO2/c1-6-18(23-17-9-7-8-13(2)12-17)20(22)21-19-15(4)10-14(3)11-16(19)5/h7-12,18H,6H2,1-5H3,(H,21,22)/t18-/m1/s1. The Morgan fingerprint density at radius 2 is 1.70 bits per heavy atom. The van der Waals surface area contributed by atoms with E-state index in [2.05, 4.69) is 24.4 Å². The van der Waals surface area contributed by atoms with Gasteiger partial charge in [0.1, 0.15) is 5.75 Å². The summed E-state index contributed by atoms with van der Waals surface area (Å²) in [6.45, 7) is 10.0. The third kappa shape index (κ3) is 4.35. The van der Waals surface area contributed by atoms with E-state index in [9.17, 15) is 4.79 Å². The molecule has 0 aliphatic rings. The Morgan fingerprint density at radius 3 is 2.26 bits per heavy atom. The number of benzene rings is 2. The molecule has 3 nitrogen and oxygen atoms in total. The Balaban J connectivity index is 2.15. The van der Waals surface area contributed by atoms with E-state index < -0.39 is 6.10 Å². The zero-order valence-electron chi connectivity index (χ0n) is 14.6. The number of nitrogens with one attached hydrogen (secondary N) is 1. The number of amides is 1. The number of aryl methyl sites for hydroxylation is 4. The van der Waals surface area contributed by atoms with Crippen LogP contribution < -0.4 is 10.1 Å². The SMILES string of the molecule is CC[C@@H](Oc1cccc(C)c1)C(=O)Nc1c(C)cc(C)cc1C. The lowest BCUT2D eigenvalue weighted by molar-refractivity contribution is -0.122. The zero-order valence-corrected chi connectivity index (χ0v) is 14.6. The maximum Gasteiger partial charge on any atom is 0.265 e. The van der Waals surface area contributed by atoms with Gasteiger partial charge in [0.05, 0.1) is 0 Å². The van der Waals surface area contributed by atoms with E-state index in [-0.39, 0.29) is 5.91 Å². The fraction of sp³-hybridized carbons (Fsp3) is 0.350. The molecule has 0 aliphatic heterocycles. The Labute approximate surface area is 138 Å². The summed E-state index contributed by atoms with van der Waals surface area (Å²) in [5.41, 5.74) is 5.33. The summed E-state index contributed by atoms with van der Waals surface area (Å²) in [4.78, 5) is 12.6. The number of rotatable bonds is 5. The van der Waals surface area contributed by atoms with E-state index >= 15 is 0 Å². The van der Waals surface area contributed by atoms with Gasteiger partial charge >= 0.3 is 0 Å². The van der Waals surface area contributed by atoms with E-state index in [1.165, 1.54) is 5.56 Å². The van der Waals surface area contributed by atoms with Crippen molar-refractivity contribution in [3.05, 3.63) is 58.7 Å².